The van der Waals surface area contributed by atoms with Crippen molar-refractivity contribution in [3.05, 3.63) is 52.5 Å². The minimum Gasteiger partial charge on any atom is -0.506 e. The lowest BCUT2D eigenvalue weighted by atomic mass is 10.0. The van der Waals surface area contributed by atoms with Crippen molar-refractivity contribution >= 4 is 22.8 Å². The molecule has 1 aromatic carbocycles. The number of aryl methyl sites for hydroxylation is 1. The number of aromatic nitrogens is 3. The molecule has 1 fully saturated rings. The van der Waals surface area contributed by atoms with E-state index in [0.29, 0.717) is 42.8 Å². The van der Waals surface area contributed by atoms with Crippen molar-refractivity contribution in [1.82, 2.24) is 19.9 Å². The van der Waals surface area contributed by atoms with Crippen LogP contribution in [-0.2, 0) is 4.74 Å². The normalized spacial score (nSPS) is 14.9. The van der Waals surface area contributed by atoms with Gasteiger partial charge in [-0.3, -0.25) is 9.36 Å². The van der Waals surface area contributed by atoms with Crippen LogP contribution in [0.25, 0.3) is 16.6 Å². The number of hydrogen-bond acceptors (Lipinski definition) is 7. The molecule has 0 aliphatic carbocycles. The number of rotatable bonds is 3. The number of nitrogens with zero attached hydrogens (tertiary/aromatic N) is 4. The Labute approximate surface area is 196 Å². The van der Waals surface area contributed by atoms with Gasteiger partial charge in [0.2, 0.25) is 0 Å². The summed E-state index contributed by atoms with van der Waals surface area (Å²) in [6, 6.07) is 5.59. The van der Waals surface area contributed by atoms with E-state index in [1.807, 2.05) is 25.7 Å². The number of phenols is 1. The fourth-order valence-corrected chi connectivity index (χ4v) is 4.19. The van der Waals surface area contributed by atoms with Crippen molar-refractivity contribution in [3.63, 3.8) is 0 Å². The molecule has 9 nitrogen and oxygen atoms in total. The number of aromatic hydroxyl groups is 1. The number of halogens is 1. The predicted octanol–water partition coefficient (Wildman–Crippen LogP) is 3.43. The highest BCUT2D eigenvalue weighted by atomic mass is 19.1. The van der Waals surface area contributed by atoms with E-state index >= 15 is 0 Å². The van der Waals surface area contributed by atoms with E-state index in [1.54, 1.807) is 13.0 Å². The van der Waals surface area contributed by atoms with Crippen molar-refractivity contribution < 1.29 is 19.0 Å². The molecule has 1 aliphatic heterocycles. The Bertz CT molecular complexity index is 1270. The largest absolute Gasteiger partial charge is 0.506 e. The molecule has 0 saturated carbocycles. The van der Waals surface area contributed by atoms with Crippen LogP contribution in [0, 0.1) is 12.7 Å². The fourth-order valence-electron chi connectivity index (χ4n) is 4.19. The molecule has 10 heteroatoms. The fraction of sp³-hybridized carbons (Fsp3) is 0.417. The Morgan fingerprint density at radius 3 is 2.59 bits per heavy atom. The van der Waals surface area contributed by atoms with Crippen LogP contribution in [0.2, 0.25) is 0 Å². The van der Waals surface area contributed by atoms with Crippen LogP contribution in [0.15, 0.2) is 35.4 Å². The number of para-hydroxylation sites is 1. The van der Waals surface area contributed by atoms with Crippen molar-refractivity contribution in [3.8, 4) is 11.4 Å². The first kappa shape index (κ1) is 23.5. The van der Waals surface area contributed by atoms with E-state index < -0.39 is 23.1 Å². The molecule has 0 spiro atoms. The van der Waals surface area contributed by atoms with Gasteiger partial charge in [-0.25, -0.2) is 19.2 Å². The van der Waals surface area contributed by atoms with E-state index in [-0.39, 0.29) is 23.0 Å². The zero-order valence-electron chi connectivity index (χ0n) is 19.6. The average Bonchev–Trinajstić information content (AvgIpc) is 2.74. The number of pyridine rings is 1. The number of carbonyl (C=O) groups is 1. The molecule has 2 N–H and O–H groups in total. The summed E-state index contributed by atoms with van der Waals surface area (Å²) in [6.07, 6.45) is 2.24. The standard InChI is InChI=1S/C24H28FN5O4/c1-14-12-16-19(22(32)30(14)20-17(25)6-5-7-18(20)31)26-13-27-21(16)29-10-8-15(9-11-29)28-23(33)34-24(2,3)4/h5-7,12-13,15,31H,8-11H2,1-4H3,(H,28,33). The molecule has 3 heterocycles. The van der Waals surface area contributed by atoms with Crippen LogP contribution in [0.5, 0.6) is 5.75 Å². The molecule has 0 radical (unpaired) electrons. The van der Waals surface area contributed by atoms with Crippen LogP contribution in [0.3, 0.4) is 0 Å². The molecule has 1 saturated heterocycles. The second-order valence-electron chi connectivity index (χ2n) is 9.40. The second-order valence-corrected chi connectivity index (χ2v) is 9.40. The number of alkyl carbamates (subject to hydrolysis) is 1. The zero-order chi connectivity index (χ0) is 24.6. The van der Waals surface area contributed by atoms with E-state index in [2.05, 4.69) is 15.3 Å². The highest BCUT2D eigenvalue weighted by Crippen LogP contribution is 2.29. The minimum absolute atomic E-state index is 0.0257. The van der Waals surface area contributed by atoms with Gasteiger partial charge in [0, 0.05) is 24.8 Å². The molecule has 1 amide bonds. The lowest BCUT2D eigenvalue weighted by molar-refractivity contribution is 0.0497. The maximum absolute atomic E-state index is 14.5. The number of piperidine rings is 1. The van der Waals surface area contributed by atoms with E-state index in [1.165, 1.54) is 24.5 Å². The topological polar surface area (TPSA) is 110 Å². The number of anilines is 1. The number of fused-ring (bicyclic) bond motifs is 1. The summed E-state index contributed by atoms with van der Waals surface area (Å²) in [7, 11) is 0. The van der Waals surface area contributed by atoms with Crippen LogP contribution in [0.4, 0.5) is 15.0 Å². The number of nitrogens with one attached hydrogen (secondary N) is 1. The summed E-state index contributed by atoms with van der Waals surface area (Å²) in [6.45, 7) is 8.35. The third-order valence-corrected chi connectivity index (χ3v) is 5.68. The Morgan fingerprint density at radius 1 is 1.24 bits per heavy atom. The molecule has 3 aromatic rings. The zero-order valence-corrected chi connectivity index (χ0v) is 19.6. The molecule has 180 valence electrons. The molecular formula is C24H28FN5O4. The van der Waals surface area contributed by atoms with Crippen molar-refractivity contribution in [2.45, 2.75) is 52.2 Å². The summed E-state index contributed by atoms with van der Waals surface area (Å²) in [5, 5.41) is 13.7. The first-order chi connectivity index (χ1) is 16.0. The highest BCUT2D eigenvalue weighted by Gasteiger charge is 2.26. The Balaban J connectivity index is 1.61. The summed E-state index contributed by atoms with van der Waals surface area (Å²) >= 11 is 0. The Morgan fingerprint density at radius 2 is 1.94 bits per heavy atom. The van der Waals surface area contributed by atoms with Crippen LogP contribution in [0.1, 0.15) is 39.3 Å². The van der Waals surface area contributed by atoms with Gasteiger partial charge >= 0.3 is 6.09 Å². The molecule has 1 aliphatic rings. The number of amides is 1. The summed E-state index contributed by atoms with van der Waals surface area (Å²) in [5.41, 5.74) is -0.737. The SMILES string of the molecule is Cc1cc2c(N3CCC(NC(=O)OC(C)(C)C)CC3)ncnc2c(=O)n1-c1c(O)cccc1F. The summed E-state index contributed by atoms with van der Waals surface area (Å²) in [4.78, 5) is 36.0. The van der Waals surface area contributed by atoms with Crippen LogP contribution < -0.4 is 15.8 Å². The molecule has 34 heavy (non-hydrogen) atoms. The van der Waals surface area contributed by atoms with Gasteiger partial charge in [0.25, 0.3) is 5.56 Å². The predicted molar refractivity (Wildman–Crippen MR) is 126 cm³/mol. The average molecular weight is 470 g/mol. The maximum atomic E-state index is 14.5. The smallest absolute Gasteiger partial charge is 0.407 e. The van der Waals surface area contributed by atoms with Gasteiger partial charge in [0.1, 0.15) is 34.7 Å². The quantitative estimate of drug-likeness (QED) is 0.605. The first-order valence-electron chi connectivity index (χ1n) is 11.1. The molecule has 0 bridgehead atoms. The molecular weight excluding hydrogens is 441 g/mol. The molecule has 0 atom stereocenters. The number of ether oxygens (including phenoxy) is 1. The summed E-state index contributed by atoms with van der Waals surface area (Å²) in [5.74, 6) is -0.442. The van der Waals surface area contributed by atoms with Gasteiger partial charge < -0.3 is 20.1 Å². The van der Waals surface area contributed by atoms with E-state index in [9.17, 15) is 19.1 Å². The molecule has 4 rings (SSSR count). The van der Waals surface area contributed by atoms with Gasteiger partial charge in [-0.15, -0.1) is 0 Å². The second kappa shape index (κ2) is 8.92. The van der Waals surface area contributed by atoms with Crippen molar-refractivity contribution in [2.24, 2.45) is 0 Å². The lowest BCUT2D eigenvalue weighted by Gasteiger charge is -2.34. The van der Waals surface area contributed by atoms with Gasteiger partial charge in [-0.05, 0) is 58.7 Å². The number of hydrogen-bond donors (Lipinski definition) is 2. The number of benzene rings is 1. The summed E-state index contributed by atoms with van der Waals surface area (Å²) < 4.78 is 20.9. The van der Waals surface area contributed by atoms with E-state index in [0.717, 1.165) is 4.57 Å². The van der Waals surface area contributed by atoms with Crippen molar-refractivity contribution in [2.75, 3.05) is 18.0 Å². The lowest BCUT2D eigenvalue weighted by Crippen LogP contribution is -2.46. The first-order valence-corrected chi connectivity index (χ1v) is 11.1. The molecule has 2 aromatic heterocycles. The minimum atomic E-state index is -0.710. The Kier molecular flexibility index (Phi) is 6.16. The third kappa shape index (κ3) is 4.66. The van der Waals surface area contributed by atoms with Gasteiger partial charge in [-0.1, -0.05) is 6.07 Å². The van der Waals surface area contributed by atoms with Crippen LogP contribution >= 0.6 is 0 Å². The highest BCUT2D eigenvalue weighted by molar-refractivity contribution is 5.89. The van der Waals surface area contributed by atoms with Gasteiger partial charge in [0.15, 0.2) is 5.82 Å². The van der Waals surface area contributed by atoms with Gasteiger partial charge in [0.05, 0.1) is 5.39 Å². The Hall–Kier alpha value is -3.69. The van der Waals surface area contributed by atoms with Gasteiger partial charge in [-0.2, -0.15) is 0 Å². The monoisotopic (exact) mass is 469 g/mol. The maximum Gasteiger partial charge on any atom is 0.407 e. The van der Waals surface area contributed by atoms with E-state index in [4.69, 9.17) is 4.74 Å². The molecule has 0 unspecified atom stereocenters. The third-order valence-electron chi connectivity index (χ3n) is 5.68. The van der Waals surface area contributed by atoms with Crippen molar-refractivity contribution in [1.29, 1.82) is 0 Å². The number of carbonyl (C=O) groups excluding carboxylic acids is 1. The number of phenolic OH excluding ortho intramolecular Hbond substituents is 1. The van der Waals surface area contributed by atoms with Crippen LogP contribution in [-0.4, -0.2) is 50.5 Å².